The summed E-state index contributed by atoms with van der Waals surface area (Å²) in [6.07, 6.45) is 3.94. The molecule has 0 spiro atoms. The first kappa shape index (κ1) is 24.1. The van der Waals surface area contributed by atoms with Crippen LogP contribution in [0.1, 0.15) is 84.2 Å². The molecule has 2 rings (SSSR count). The summed E-state index contributed by atoms with van der Waals surface area (Å²) in [7, 11) is 0. The Kier molecular flexibility index (Phi) is 9.25. The minimum absolute atomic E-state index is 0.0245. The Balaban J connectivity index is 2.01. The largest absolute Gasteiger partial charge is 0.507 e. The van der Waals surface area contributed by atoms with Crippen LogP contribution in [0, 0.1) is 0 Å². The minimum atomic E-state index is -0.851. The number of aliphatic carboxylic acids is 1. The second-order valence-electron chi connectivity index (χ2n) is 7.60. The summed E-state index contributed by atoms with van der Waals surface area (Å²) in [6, 6.07) is 10.3. The van der Waals surface area contributed by atoms with Gasteiger partial charge in [0.2, 0.25) is 0 Å². The summed E-state index contributed by atoms with van der Waals surface area (Å²) in [5.74, 6) is -0.421. The van der Waals surface area contributed by atoms with Gasteiger partial charge in [-0.2, -0.15) is 0 Å². The zero-order chi connectivity index (χ0) is 22.8. The van der Waals surface area contributed by atoms with Crippen molar-refractivity contribution in [3.63, 3.8) is 0 Å². The molecule has 0 aromatic heterocycles. The van der Waals surface area contributed by atoms with Gasteiger partial charge in [0, 0.05) is 24.0 Å². The van der Waals surface area contributed by atoms with Gasteiger partial charge in [-0.15, -0.1) is 0 Å². The summed E-state index contributed by atoms with van der Waals surface area (Å²) in [5.41, 5.74) is 2.45. The van der Waals surface area contributed by atoms with Crippen LogP contribution in [-0.2, 0) is 17.8 Å². The molecule has 0 atom stereocenters. The zero-order valence-electron chi connectivity index (χ0n) is 18.1. The molecule has 0 radical (unpaired) electrons. The number of aromatic hydroxyl groups is 1. The second-order valence-corrected chi connectivity index (χ2v) is 7.60. The lowest BCUT2D eigenvalue weighted by molar-refractivity contribution is -0.137. The lowest BCUT2D eigenvalue weighted by atomic mass is 9.96. The molecule has 6 heteroatoms. The summed E-state index contributed by atoms with van der Waals surface area (Å²) in [5, 5.41) is 19.2. The number of phenolic OH excluding ortho intramolecular Hbond substituents is 1. The van der Waals surface area contributed by atoms with E-state index in [1.165, 1.54) is 6.92 Å². The van der Waals surface area contributed by atoms with Crippen molar-refractivity contribution in [3.8, 4) is 11.5 Å². The van der Waals surface area contributed by atoms with E-state index in [0.717, 1.165) is 24.0 Å². The number of rotatable bonds is 13. The lowest BCUT2D eigenvalue weighted by Gasteiger charge is -2.15. The Morgan fingerprint density at radius 1 is 0.935 bits per heavy atom. The number of hydrogen-bond donors (Lipinski definition) is 2. The van der Waals surface area contributed by atoms with Gasteiger partial charge in [-0.3, -0.25) is 14.4 Å². The molecule has 2 N–H and O–H groups in total. The first-order valence-corrected chi connectivity index (χ1v) is 10.7. The lowest BCUT2D eigenvalue weighted by Crippen LogP contribution is -2.05. The Hall–Kier alpha value is -3.15. The Morgan fingerprint density at radius 3 is 2.23 bits per heavy atom. The molecule has 2 aromatic rings. The topological polar surface area (TPSA) is 101 Å². The SMILES string of the molecule is CCCCc1c(COc2ccc(C(=O)CCCCC(=O)O)cc2)ccc(C(C)=O)c1O. The van der Waals surface area contributed by atoms with Crippen molar-refractivity contribution < 1.29 is 29.3 Å². The van der Waals surface area contributed by atoms with E-state index in [1.807, 2.05) is 6.07 Å². The number of carboxylic acids is 1. The number of carbonyl (C=O) groups is 3. The average molecular weight is 427 g/mol. The molecular weight excluding hydrogens is 396 g/mol. The summed E-state index contributed by atoms with van der Waals surface area (Å²) in [4.78, 5) is 34.5. The van der Waals surface area contributed by atoms with Crippen LogP contribution in [0.3, 0.4) is 0 Å². The predicted octanol–water partition coefficient (Wildman–Crippen LogP) is 5.34. The van der Waals surface area contributed by atoms with Crippen LogP contribution in [0.2, 0.25) is 0 Å². The summed E-state index contributed by atoms with van der Waals surface area (Å²) < 4.78 is 5.86. The van der Waals surface area contributed by atoms with Crippen LogP contribution in [0.4, 0.5) is 0 Å². The fourth-order valence-electron chi connectivity index (χ4n) is 3.33. The van der Waals surface area contributed by atoms with E-state index in [4.69, 9.17) is 9.84 Å². The fourth-order valence-corrected chi connectivity index (χ4v) is 3.33. The van der Waals surface area contributed by atoms with Crippen molar-refractivity contribution in [2.45, 2.75) is 65.4 Å². The maximum Gasteiger partial charge on any atom is 0.303 e. The van der Waals surface area contributed by atoms with Gasteiger partial charge in [-0.25, -0.2) is 0 Å². The Labute approximate surface area is 182 Å². The third-order valence-corrected chi connectivity index (χ3v) is 5.15. The smallest absolute Gasteiger partial charge is 0.303 e. The first-order valence-electron chi connectivity index (χ1n) is 10.7. The van der Waals surface area contributed by atoms with E-state index in [2.05, 4.69) is 6.92 Å². The third-order valence-electron chi connectivity index (χ3n) is 5.15. The van der Waals surface area contributed by atoms with Crippen LogP contribution < -0.4 is 4.74 Å². The quantitative estimate of drug-likeness (QED) is 0.331. The van der Waals surface area contributed by atoms with E-state index >= 15 is 0 Å². The molecule has 0 saturated carbocycles. The molecule has 0 aliphatic carbocycles. The number of ether oxygens (including phenoxy) is 1. The molecule has 0 aliphatic heterocycles. The van der Waals surface area contributed by atoms with Gasteiger partial charge in [0.1, 0.15) is 18.1 Å². The van der Waals surface area contributed by atoms with E-state index in [9.17, 15) is 19.5 Å². The van der Waals surface area contributed by atoms with Crippen molar-refractivity contribution >= 4 is 17.5 Å². The maximum absolute atomic E-state index is 12.2. The molecule has 2 aromatic carbocycles. The molecule has 0 bridgehead atoms. The predicted molar refractivity (Wildman–Crippen MR) is 118 cm³/mol. The van der Waals surface area contributed by atoms with Crippen LogP contribution in [-0.4, -0.2) is 27.7 Å². The van der Waals surface area contributed by atoms with E-state index in [-0.39, 0.29) is 30.3 Å². The highest BCUT2D eigenvalue weighted by molar-refractivity contribution is 5.97. The number of phenols is 1. The normalized spacial score (nSPS) is 10.6. The highest BCUT2D eigenvalue weighted by Crippen LogP contribution is 2.29. The van der Waals surface area contributed by atoms with Crippen LogP contribution >= 0.6 is 0 Å². The van der Waals surface area contributed by atoms with Crippen molar-refractivity contribution in [2.75, 3.05) is 0 Å². The molecule has 0 unspecified atom stereocenters. The van der Waals surface area contributed by atoms with Gasteiger partial charge in [0.15, 0.2) is 11.6 Å². The first-order chi connectivity index (χ1) is 14.8. The molecule has 0 amide bonds. The van der Waals surface area contributed by atoms with Gasteiger partial charge in [-0.05, 0) is 68.5 Å². The van der Waals surface area contributed by atoms with Crippen molar-refractivity contribution in [1.82, 2.24) is 0 Å². The number of carboxylic acid groups (broad SMARTS) is 1. The number of carbonyl (C=O) groups excluding carboxylic acids is 2. The molecule has 0 fully saturated rings. The van der Waals surface area contributed by atoms with Crippen molar-refractivity contribution in [2.24, 2.45) is 0 Å². The van der Waals surface area contributed by atoms with Gasteiger partial charge in [0.05, 0.1) is 5.56 Å². The number of unbranched alkanes of at least 4 members (excludes halogenated alkanes) is 2. The zero-order valence-corrected chi connectivity index (χ0v) is 18.1. The number of Topliss-reactive ketones (excluding diaryl/α,β-unsaturated/α-hetero) is 2. The highest BCUT2D eigenvalue weighted by Gasteiger charge is 2.15. The fraction of sp³-hybridized carbons (Fsp3) is 0.400. The second kappa shape index (κ2) is 11.9. The van der Waals surface area contributed by atoms with Gasteiger partial charge in [0.25, 0.3) is 0 Å². The molecule has 31 heavy (non-hydrogen) atoms. The molecule has 0 aliphatic rings. The molecule has 0 heterocycles. The maximum atomic E-state index is 12.2. The van der Waals surface area contributed by atoms with Crippen LogP contribution in [0.5, 0.6) is 11.5 Å². The number of hydrogen-bond acceptors (Lipinski definition) is 5. The molecule has 0 saturated heterocycles. The van der Waals surface area contributed by atoms with Crippen LogP contribution in [0.25, 0.3) is 0 Å². The number of ketones is 2. The standard InChI is InChI=1S/C25H30O6/c1-3-4-7-22-19(12-15-21(17(2)26)25(22)30)16-31-20-13-10-18(11-14-20)23(27)8-5-6-9-24(28)29/h10-15,30H,3-9,16H2,1-2H3,(H,28,29). The summed E-state index contributed by atoms with van der Waals surface area (Å²) in [6.45, 7) is 3.74. The van der Waals surface area contributed by atoms with E-state index < -0.39 is 5.97 Å². The third kappa shape index (κ3) is 7.24. The van der Waals surface area contributed by atoms with E-state index in [0.29, 0.717) is 42.6 Å². The van der Waals surface area contributed by atoms with Gasteiger partial charge >= 0.3 is 5.97 Å². The molecule has 6 nitrogen and oxygen atoms in total. The monoisotopic (exact) mass is 426 g/mol. The highest BCUT2D eigenvalue weighted by atomic mass is 16.5. The number of benzene rings is 2. The van der Waals surface area contributed by atoms with Crippen LogP contribution in [0.15, 0.2) is 36.4 Å². The van der Waals surface area contributed by atoms with Crippen molar-refractivity contribution in [3.05, 3.63) is 58.7 Å². The van der Waals surface area contributed by atoms with Crippen molar-refractivity contribution in [1.29, 1.82) is 0 Å². The van der Waals surface area contributed by atoms with E-state index in [1.54, 1.807) is 30.3 Å². The van der Waals surface area contributed by atoms with Gasteiger partial charge < -0.3 is 14.9 Å². The molecule has 166 valence electrons. The van der Waals surface area contributed by atoms with Gasteiger partial charge in [-0.1, -0.05) is 19.4 Å². The average Bonchev–Trinajstić information content (AvgIpc) is 2.74. The Morgan fingerprint density at radius 2 is 1.61 bits per heavy atom. The molecular formula is C25H30O6. The minimum Gasteiger partial charge on any atom is -0.507 e. The Bertz CT molecular complexity index is 914. The summed E-state index contributed by atoms with van der Waals surface area (Å²) >= 11 is 0.